The van der Waals surface area contributed by atoms with Crippen LogP contribution in [0.3, 0.4) is 0 Å². The van der Waals surface area contributed by atoms with E-state index in [0.29, 0.717) is 33.9 Å². The van der Waals surface area contributed by atoms with Crippen LogP contribution in [0.5, 0.6) is 0 Å². The van der Waals surface area contributed by atoms with Crippen LogP contribution in [0.15, 0.2) is 67.8 Å². The van der Waals surface area contributed by atoms with Gasteiger partial charge in [-0.3, -0.25) is 0 Å². The molecule has 1 unspecified atom stereocenters. The molecule has 30 heavy (non-hydrogen) atoms. The molecule has 0 aliphatic heterocycles. The van der Waals surface area contributed by atoms with Gasteiger partial charge in [0.1, 0.15) is 29.5 Å². The quantitative estimate of drug-likeness (QED) is 0.428. The van der Waals surface area contributed by atoms with E-state index in [2.05, 4.69) is 31.8 Å². The topological polar surface area (TPSA) is 84.3 Å². The SMILES string of the molecule is C=CC(Nc1ncnc2nc[nH]c12)c1nc2ccc(F)c(-c3ccccc3)c2n1C. The third kappa shape index (κ3) is 2.81. The average molecular weight is 399 g/mol. The van der Waals surface area contributed by atoms with Gasteiger partial charge in [-0.1, -0.05) is 36.4 Å². The molecule has 0 fully saturated rings. The van der Waals surface area contributed by atoms with E-state index in [1.165, 1.54) is 12.4 Å². The normalized spacial score (nSPS) is 12.3. The lowest BCUT2D eigenvalue weighted by molar-refractivity contribution is 0.632. The Kier molecular flexibility index (Phi) is 4.24. The smallest absolute Gasteiger partial charge is 0.182 e. The van der Waals surface area contributed by atoms with Gasteiger partial charge in [-0.25, -0.2) is 24.3 Å². The van der Waals surface area contributed by atoms with Crippen molar-refractivity contribution in [2.24, 2.45) is 7.05 Å². The number of halogens is 1. The van der Waals surface area contributed by atoms with Gasteiger partial charge in [0.25, 0.3) is 0 Å². The summed E-state index contributed by atoms with van der Waals surface area (Å²) < 4.78 is 16.8. The molecule has 7 nitrogen and oxygen atoms in total. The van der Waals surface area contributed by atoms with Crippen LogP contribution in [-0.2, 0) is 7.05 Å². The van der Waals surface area contributed by atoms with Gasteiger partial charge in [-0.2, -0.15) is 0 Å². The molecular formula is C22H18FN7. The Morgan fingerprint density at radius 3 is 2.77 bits per heavy atom. The summed E-state index contributed by atoms with van der Waals surface area (Å²) in [5.74, 6) is 0.985. The number of hydrogen-bond acceptors (Lipinski definition) is 5. The standard InChI is InChI=1S/C22H18FN7/c1-3-15(28-21-18-20(25-11-24-18)26-12-27-21)22-29-16-10-9-14(23)17(19(16)30(22)2)13-7-5-4-6-8-13/h3-12,15H,1H2,2H3,(H2,24,25,26,27,28). The number of fused-ring (bicyclic) bond motifs is 2. The zero-order valence-corrected chi connectivity index (χ0v) is 16.2. The Morgan fingerprint density at radius 2 is 1.97 bits per heavy atom. The molecule has 0 amide bonds. The van der Waals surface area contributed by atoms with Gasteiger partial charge >= 0.3 is 0 Å². The predicted molar refractivity (Wildman–Crippen MR) is 114 cm³/mol. The summed E-state index contributed by atoms with van der Waals surface area (Å²) in [5.41, 5.74) is 4.01. The summed E-state index contributed by atoms with van der Waals surface area (Å²) in [5, 5.41) is 3.33. The number of anilines is 1. The number of aromatic amines is 1. The van der Waals surface area contributed by atoms with E-state index in [1.54, 1.807) is 18.5 Å². The second kappa shape index (κ2) is 7.07. The number of aromatic nitrogens is 6. The Balaban J connectivity index is 1.64. The molecule has 3 aromatic heterocycles. The largest absolute Gasteiger partial charge is 0.355 e. The molecule has 5 rings (SSSR count). The van der Waals surface area contributed by atoms with Crippen molar-refractivity contribution in [3.63, 3.8) is 0 Å². The van der Waals surface area contributed by atoms with Crippen molar-refractivity contribution in [2.75, 3.05) is 5.32 Å². The number of nitrogens with zero attached hydrogens (tertiary/aromatic N) is 5. The van der Waals surface area contributed by atoms with Crippen LogP contribution in [0, 0.1) is 5.82 Å². The lowest BCUT2D eigenvalue weighted by atomic mass is 10.0. The number of benzene rings is 2. The van der Waals surface area contributed by atoms with Crippen molar-refractivity contribution >= 4 is 28.0 Å². The molecule has 8 heteroatoms. The molecule has 0 radical (unpaired) electrons. The summed E-state index contributed by atoms with van der Waals surface area (Å²) in [7, 11) is 1.88. The second-order valence-corrected chi connectivity index (χ2v) is 6.87. The maximum Gasteiger partial charge on any atom is 0.182 e. The molecule has 5 aromatic rings. The molecule has 0 saturated carbocycles. The predicted octanol–water partition coefficient (Wildman–Crippen LogP) is 4.38. The molecule has 3 heterocycles. The summed E-state index contributed by atoms with van der Waals surface area (Å²) >= 11 is 0. The van der Waals surface area contributed by atoms with Crippen LogP contribution < -0.4 is 5.32 Å². The zero-order valence-electron chi connectivity index (χ0n) is 16.2. The fourth-order valence-electron chi connectivity index (χ4n) is 3.71. The summed E-state index contributed by atoms with van der Waals surface area (Å²) in [6, 6.07) is 12.3. The molecule has 2 aromatic carbocycles. The first-order chi connectivity index (χ1) is 14.7. The van der Waals surface area contributed by atoms with Crippen LogP contribution >= 0.6 is 0 Å². The van der Waals surface area contributed by atoms with Gasteiger partial charge in [0, 0.05) is 12.6 Å². The first kappa shape index (κ1) is 18.0. The van der Waals surface area contributed by atoms with Crippen molar-refractivity contribution in [3.8, 4) is 11.1 Å². The van der Waals surface area contributed by atoms with E-state index in [-0.39, 0.29) is 11.9 Å². The van der Waals surface area contributed by atoms with Crippen LogP contribution in [0.1, 0.15) is 11.9 Å². The van der Waals surface area contributed by atoms with Crippen molar-refractivity contribution in [1.29, 1.82) is 0 Å². The highest BCUT2D eigenvalue weighted by molar-refractivity contribution is 5.93. The molecular weight excluding hydrogens is 381 g/mol. The number of H-pyrrole nitrogens is 1. The summed E-state index contributed by atoms with van der Waals surface area (Å²) in [4.78, 5) is 20.4. The Morgan fingerprint density at radius 1 is 1.13 bits per heavy atom. The fourth-order valence-corrected chi connectivity index (χ4v) is 3.71. The lowest BCUT2D eigenvalue weighted by Gasteiger charge is -2.16. The number of aryl methyl sites for hydroxylation is 1. The van der Waals surface area contributed by atoms with Crippen LogP contribution in [0.25, 0.3) is 33.3 Å². The number of imidazole rings is 2. The first-order valence-corrected chi connectivity index (χ1v) is 9.41. The van der Waals surface area contributed by atoms with Crippen molar-refractivity contribution < 1.29 is 4.39 Å². The van der Waals surface area contributed by atoms with Gasteiger partial charge < -0.3 is 14.9 Å². The molecule has 148 valence electrons. The van der Waals surface area contributed by atoms with E-state index in [1.807, 2.05) is 41.9 Å². The third-order valence-corrected chi connectivity index (χ3v) is 5.11. The monoisotopic (exact) mass is 399 g/mol. The lowest BCUT2D eigenvalue weighted by Crippen LogP contribution is -2.14. The number of hydrogen-bond donors (Lipinski definition) is 2. The fraction of sp³-hybridized carbons (Fsp3) is 0.0909. The molecule has 1 atom stereocenters. The van der Waals surface area contributed by atoms with Crippen molar-refractivity contribution in [1.82, 2.24) is 29.5 Å². The number of nitrogens with one attached hydrogen (secondary N) is 2. The summed E-state index contributed by atoms with van der Waals surface area (Å²) in [6.07, 6.45) is 4.75. The highest BCUT2D eigenvalue weighted by atomic mass is 19.1. The molecule has 0 aliphatic rings. The average Bonchev–Trinajstić information content (AvgIpc) is 3.38. The van der Waals surface area contributed by atoms with E-state index in [9.17, 15) is 4.39 Å². The first-order valence-electron chi connectivity index (χ1n) is 9.41. The van der Waals surface area contributed by atoms with E-state index in [0.717, 1.165) is 11.1 Å². The van der Waals surface area contributed by atoms with Crippen LogP contribution in [0.2, 0.25) is 0 Å². The molecule has 0 bridgehead atoms. The Bertz CT molecular complexity index is 1370. The van der Waals surface area contributed by atoms with Crippen molar-refractivity contribution in [3.05, 3.63) is 79.4 Å². The van der Waals surface area contributed by atoms with E-state index >= 15 is 0 Å². The minimum atomic E-state index is -0.365. The van der Waals surface area contributed by atoms with Gasteiger partial charge in [0.15, 0.2) is 11.5 Å². The molecule has 0 spiro atoms. The van der Waals surface area contributed by atoms with Crippen LogP contribution in [-0.4, -0.2) is 29.5 Å². The third-order valence-electron chi connectivity index (χ3n) is 5.11. The highest BCUT2D eigenvalue weighted by Crippen LogP contribution is 2.33. The minimum Gasteiger partial charge on any atom is -0.355 e. The molecule has 0 aliphatic carbocycles. The van der Waals surface area contributed by atoms with Gasteiger partial charge in [-0.05, 0) is 17.7 Å². The highest BCUT2D eigenvalue weighted by Gasteiger charge is 2.21. The molecule has 2 N–H and O–H groups in total. The molecule has 0 saturated heterocycles. The van der Waals surface area contributed by atoms with Crippen LogP contribution in [0.4, 0.5) is 10.2 Å². The van der Waals surface area contributed by atoms with Gasteiger partial charge in [0.2, 0.25) is 0 Å². The minimum absolute atomic E-state index is 0.290. The summed E-state index contributed by atoms with van der Waals surface area (Å²) in [6.45, 7) is 3.95. The van der Waals surface area contributed by atoms with E-state index in [4.69, 9.17) is 4.98 Å². The zero-order chi connectivity index (χ0) is 20.7. The van der Waals surface area contributed by atoms with Gasteiger partial charge in [-0.15, -0.1) is 6.58 Å². The Labute approximate surface area is 171 Å². The Hall–Kier alpha value is -4.07. The maximum absolute atomic E-state index is 14.9. The second-order valence-electron chi connectivity index (χ2n) is 6.87. The van der Waals surface area contributed by atoms with E-state index < -0.39 is 0 Å². The van der Waals surface area contributed by atoms with Crippen molar-refractivity contribution in [2.45, 2.75) is 6.04 Å². The van der Waals surface area contributed by atoms with Gasteiger partial charge in [0.05, 0.1) is 17.4 Å². The maximum atomic E-state index is 14.9. The number of rotatable bonds is 5.